The number of unbranched alkanes of at least 4 members (excludes halogenated alkanes) is 8. The van der Waals surface area contributed by atoms with Crippen molar-refractivity contribution in [3.63, 3.8) is 0 Å². The first-order valence-electron chi connectivity index (χ1n) is 10.8. The van der Waals surface area contributed by atoms with Crippen LogP contribution in [0.4, 0.5) is 0 Å². The summed E-state index contributed by atoms with van der Waals surface area (Å²) < 4.78 is 25.3. The molecule has 0 radical (unpaired) electrons. The number of hydrogen-bond donors (Lipinski definition) is 2. The van der Waals surface area contributed by atoms with Gasteiger partial charge >= 0.3 is 19.8 Å². The Morgan fingerprint density at radius 2 is 1.45 bits per heavy atom. The van der Waals surface area contributed by atoms with Gasteiger partial charge in [-0.15, -0.1) is 6.42 Å². The van der Waals surface area contributed by atoms with Crippen molar-refractivity contribution in [1.29, 1.82) is 0 Å². The molecule has 0 aliphatic heterocycles. The number of terminal acetylenes is 1. The second-order valence-electron chi connectivity index (χ2n) is 6.97. The van der Waals surface area contributed by atoms with E-state index < -0.39 is 39.1 Å². The number of carbonyl (C=O) groups is 2. The molecule has 33 heavy (non-hydrogen) atoms. The zero-order valence-electron chi connectivity index (χ0n) is 18.9. The molecule has 0 aromatic rings. The van der Waals surface area contributed by atoms with E-state index in [1.54, 1.807) is 0 Å². The summed E-state index contributed by atoms with van der Waals surface area (Å²) in [6, 6.07) is 0. The fourth-order valence-electron chi connectivity index (χ4n) is 2.54. The van der Waals surface area contributed by atoms with Crippen LogP contribution in [-0.2, 0) is 28.2 Å². The van der Waals surface area contributed by atoms with Gasteiger partial charge in [-0.25, -0.2) is 9.36 Å². The van der Waals surface area contributed by atoms with Crippen LogP contribution in [0.2, 0.25) is 0 Å². The van der Waals surface area contributed by atoms with Gasteiger partial charge in [0.1, 0.15) is 6.61 Å². The van der Waals surface area contributed by atoms with E-state index in [0.717, 1.165) is 19.3 Å². The van der Waals surface area contributed by atoms with Crippen LogP contribution in [0, 0.1) is 47.9 Å². The molecule has 0 spiro atoms. The van der Waals surface area contributed by atoms with Crippen LogP contribution < -0.4 is 0 Å². The van der Waals surface area contributed by atoms with E-state index in [4.69, 9.17) is 25.7 Å². The van der Waals surface area contributed by atoms with Gasteiger partial charge in [0.05, 0.1) is 6.61 Å². The molecular weight excluding hydrogens is 447 g/mol. The molecule has 0 unspecified atom stereocenters. The Morgan fingerprint density at radius 1 is 0.879 bits per heavy atom. The number of phosphoric ester groups is 1. The lowest BCUT2D eigenvalue weighted by molar-refractivity contribution is -0.158. The monoisotopic (exact) mass is 478 g/mol. The van der Waals surface area contributed by atoms with E-state index in [0.29, 0.717) is 6.42 Å². The van der Waals surface area contributed by atoms with Gasteiger partial charge in [-0.1, -0.05) is 58.3 Å². The normalized spacial score (nSPS) is 10.7. The van der Waals surface area contributed by atoms with Crippen LogP contribution in [0.3, 0.4) is 0 Å². The van der Waals surface area contributed by atoms with E-state index in [2.05, 4.69) is 52.9 Å². The summed E-state index contributed by atoms with van der Waals surface area (Å²) in [5, 5.41) is 0. The first-order valence-corrected chi connectivity index (χ1v) is 12.3. The molecule has 0 saturated heterocycles. The molecule has 2 N–H and O–H groups in total. The smallest absolute Gasteiger partial charge is 0.456 e. The third-order valence-corrected chi connectivity index (χ3v) is 4.58. The second kappa shape index (κ2) is 19.9. The maximum Gasteiger partial charge on any atom is 0.469 e. The molecule has 0 amide bonds. The topological polar surface area (TPSA) is 119 Å². The summed E-state index contributed by atoms with van der Waals surface area (Å²) in [5.74, 6) is 13.9. The largest absolute Gasteiger partial charge is 0.469 e. The third-order valence-electron chi connectivity index (χ3n) is 4.10. The van der Waals surface area contributed by atoms with Crippen molar-refractivity contribution in [2.75, 3.05) is 13.2 Å². The molecule has 1 atom stereocenters. The zero-order valence-corrected chi connectivity index (χ0v) is 19.8. The summed E-state index contributed by atoms with van der Waals surface area (Å²) in [7, 11) is -4.79. The molecule has 0 saturated carbocycles. The Labute approximate surface area is 196 Å². The lowest BCUT2D eigenvalue weighted by atomic mass is 10.1. The molecule has 9 heteroatoms. The quantitative estimate of drug-likeness (QED) is 0.114. The Balaban J connectivity index is 4.41. The number of phosphoric acid groups is 1. The highest BCUT2D eigenvalue weighted by molar-refractivity contribution is 7.46. The van der Waals surface area contributed by atoms with Crippen LogP contribution in [0.25, 0.3) is 0 Å². The van der Waals surface area contributed by atoms with Crippen molar-refractivity contribution in [3.05, 3.63) is 0 Å². The molecule has 0 aliphatic carbocycles. The molecule has 0 aromatic heterocycles. The lowest BCUT2D eigenvalue weighted by Crippen LogP contribution is -2.29. The van der Waals surface area contributed by atoms with E-state index >= 15 is 0 Å². The first kappa shape index (κ1) is 30.3. The lowest BCUT2D eigenvalue weighted by Gasteiger charge is -2.17. The number of rotatable bonds is 16. The number of hydrogen-bond acceptors (Lipinski definition) is 6. The van der Waals surface area contributed by atoms with Crippen molar-refractivity contribution in [1.82, 2.24) is 0 Å². The van der Waals surface area contributed by atoms with Crippen molar-refractivity contribution in [2.24, 2.45) is 0 Å². The van der Waals surface area contributed by atoms with Gasteiger partial charge in [0.2, 0.25) is 0 Å². The molecule has 0 fully saturated rings. The van der Waals surface area contributed by atoms with Crippen molar-refractivity contribution in [3.8, 4) is 47.9 Å². The highest BCUT2D eigenvalue weighted by atomic mass is 31.2. The molecule has 180 valence electrons. The van der Waals surface area contributed by atoms with Crippen LogP contribution in [-0.4, -0.2) is 41.0 Å². The van der Waals surface area contributed by atoms with Crippen LogP contribution in [0.1, 0.15) is 71.1 Å². The highest BCUT2D eigenvalue weighted by Crippen LogP contribution is 2.35. The maximum absolute atomic E-state index is 12.0. The number of carbonyl (C=O) groups excluding carboxylic acids is 2. The summed E-state index contributed by atoms with van der Waals surface area (Å²) >= 11 is 0. The number of esters is 2. The fraction of sp³-hybridized carbons (Fsp3) is 0.583. The van der Waals surface area contributed by atoms with E-state index in [9.17, 15) is 14.2 Å². The van der Waals surface area contributed by atoms with Gasteiger partial charge in [-0.3, -0.25) is 9.32 Å². The minimum Gasteiger partial charge on any atom is -0.456 e. The van der Waals surface area contributed by atoms with Crippen LogP contribution in [0.5, 0.6) is 0 Å². The van der Waals surface area contributed by atoms with Crippen LogP contribution in [0.15, 0.2) is 0 Å². The van der Waals surface area contributed by atoms with Crippen molar-refractivity contribution >= 4 is 19.8 Å². The Hall–Kier alpha value is -2.71. The average Bonchev–Trinajstić information content (AvgIpc) is 2.76. The average molecular weight is 478 g/mol. The molecular formula is C24H31O8P. The summed E-state index contributed by atoms with van der Waals surface area (Å²) in [5.41, 5.74) is 0. The molecule has 0 bridgehead atoms. The molecule has 0 aliphatic rings. The Morgan fingerprint density at radius 3 is 2.06 bits per heavy atom. The van der Waals surface area contributed by atoms with E-state index in [-0.39, 0.29) is 6.42 Å². The second-order valence-corrected chi connectivity index (χ2v) is 8.21. The summed E-state index contributed by atoms with van der Waals surface area (Å²) in [4.78, 5) is 41.4. The standard InChI is InChI=1S/C24H31O8P/c1-3-5-7-9-11-12-13-15-17-19-24(26)32-22(21-31-33(27,28)29)20-30-23(25)18-16-14-10-8-6-4-2/h2,22H,3,5,7,9,11-13,15,17,19-21H2,1H3,(H2,27,28,29)/t22-/m0/s1. The summed E-state index contributed by atoms with van der Waals surface area (Å²) in [6.45, 7) is 1.05. The Kier molecular flexibility index (Phi) is 18.3. The SMILES string of the molecule is C#CC#CC#CC#CC(=O)OC[C@@H](COP(=O)(O)O)OC(=O)CCCCCCCCCCC. The van der Waals surface area contributed by atoms with E-state index in [1.165, 1.54) is 32.1 Å². The van der Waals surface area contributed by atoms with Gasteiger partial charge < -0.3 is 19.3 Å². The molecule has 0 aromatic carbocycles. The predicted molar refractivity (Wildman–Crippen MR) is 123 cm³/mol. The van der Waals surface area contributed by atoms with Gasteiger partial charge in [-0.05, 0) is 41.9 Å². The molecule has 8 nitrogen and oxygen atoms in total. The minimum absolute atomic E-state index is 0.143. The minimum atomic E-state index is -4.79. The molecule has 0 rings (SSSR count). The molecule has 0 heterocycles. The van der Waals surface area contributed by atoms with Gasteiger partial charge in [0.25, 0.3) is 0 Å². The van der Waals surface area contributed by atoms with Gasteiger partial charge in [0, 0.05) is 12.3 Å². The Bertz CT molecular complexity index is 864. The van der Waals surface area contributed by atoms with Gasteiger partial charge in [-0.2, -0.15) is 0 Å². The van der Waals surface area contributed by atoms with Crippen molar-refractivity contribution in [2.45, 2.75) is 77.2 Å². The van der Waals surface area contributed by atoms with Crippen molar-refractivity contribution < 1.29 is 37.9 Å². The third kappa shape index (κ3) is 22.3. The fourth-order valence-corrected chi connectivity index (χ4v) is 2.90. The first-order chi connectivity index (χ1) is 15.8. The highest BCUT2D eigenvalue weighted by Gasteiger charge is 2.22. The predicted octanol–water partition coefficient (Wildman–Crippen LogP) is 3.12. The van der Waals surface area contributed by atoms with Crippen LogP contribution >= 0.6 is 7.82 Å². The van der Waals surface area contributed by atoms with Gasteiger partial charge in [0.15, 0.2) is 6.10 Å². The maximum atomic E-state index is 12.0. The zero-order chi connectivity index (χ0) is 24.8. The van der Waals surface area contributed by atoms with E-state index in [1.807, 2.05) is 0 Å². The number of ether oxygens (including phenoxy) is 2. The summed E-state index contributed by atoms with van der Waals surface area (Å²) in [6.07, 6.45) is 13.7.